The number of nitrogens with zero attached hydrogens (tertiary/aromatic N) is 1. The minimum Gasteiger partial charge on any atom is -0.490 e. The summed E-state index contributed by atoms with van der Waals surface area (Å²) < 4.78 is 16.9. The molecule has 0 amide bonds. The average molecular weight is 511 g/mol. The van der Waals surface area contributed by atoms with Crippen molar-refractivity contribution in [1.82, 2.24) is 5.32 Å². The summed E-state index contributed by atoms with van der Waals surface area (Å²) in [6.45, 7) is 8.04. The maximum Gasteiger partial charge on any atom is 0.196 e. The first-order valence-corrected chi connectivity index (χ1v) is 9.83. The van der Waals surface area contributed by atoms with Crippen LogP contribution in [0.4, 0.5) is 5.69 Å². The minimum atomic E-state index is 0. The van der Waals surface area contributed by atoms with E-state index in [1.165, 1.54) is 11.1 Å². The molecule has 0 aromatic heterocycles. The van der Waals surface area contributed by atoms with Gasteiger partial charge < -0.3 is 24.8 Å². The number of anilines is 1. The van der Waals surface area contributed by atoms with Gasteiger partial charge in [0.25, 0.3) is 0 Å². The zero-order valence-electron chi connectivity index (χ0n) is 17.1. The number of ether oxygens (including phenoxy) is 3. The fourth-order valence-electron chi connectivity index (χ4n) is 2.86. The van der Waals surface area contributed by atoms with E-state index in [9.17, 15) is 0 Å². The number of benzene rings is 2. The van der Waals surface area contributed by atoms with Crippen molar-refractivity contribution in [2.45, 2.75) is 26.8 Å². The molecule has 7 heteroatoms. The Morgan fingerprint density at radius 2 is 1.90 bits per heavy atom. The molecule has 0 atom stereocenters. The molecule has 0 fully saturated rings. The Labute approximate surface area is 190 Å². The third-order valence-corrected chi connectivity index (χ3v) is 4.42. The van der Waals surface area contributed by atoms with Gasteiger partial charge in [-0.25, -0.2) is 4.99 Å². The molecular formula is C22H30IN3O3. The zero-order chi connectivity index (χ0) is 19.6. The van der Waals surface area contributed by atoms with Crippen molar-refractivity contribution in [2.75, 3.05) is 38.3 Å². The third-order valence-electron chi connectivity index (χ3n) is 4.42. The van der Waals surface area contributed by atoms with E-state index in [-0.39, 0.29) is 24.0 Å². The first-order chi connectivity index (χ1) is 13.8. The first-order valence-electron chi connectivity index (χ1n) is 9.83. The van der Waals surface area contributed by atoms with Gasteiger partial charge in [-0.05, 0) is 37.1 Å². The van der Waals surface area contributed by atoms with Gasteiger partial charge in [0.2, 0.25) is 0 Å². The molecule has 0 bridgehead atoms. The predicted octanol–water partition coefficient (Wildman–Crippen LogP) is 4.37. The predicted molar refractivity (Wildman–Crippen MR) is 128 cm³/mol. The highest BCUT2D eigenvalue weighted by atomic mass is 127. The van der Waals surface area contributed by atoms with Crippen LogP contribution in [0, 0.1) is 6.92 Å². The lowest BCUT2D eigenvalue weighted by atomic mass is 10.1. The molecule has 1 heterocycles. The number of hydrogen-bond acceptors (Lipinski definition) is 4. The molecule has 3 rings (SSSR count). The van der Waals surface area contributed by atoms with E-state index in [0.717, 1.165) is 23.6 Å². The lowest BCUT2D eigenvalue weighted by Crippen LogP contribution is -2.33. The molecular weight excluding hydrogens is 481 g/mol. The topological polar surface area (TPSA) is 64.1 Å². The van der Waals surface area contributed by atoms with Gasteiger partial charge in [0.1, 0.15) is 0 Å². The van der Waals surface area contributed by atoms with Crippen molar-refractivity contribution in [3.8, 4) is 11.5 Å². The summed E-state index contributed by atoms with van der Waals surface area (Å²) in [6.07, 6.45) is 0.888. The van der Waals surface area contributed by atoms with Crippen LogP contribution in [0.5, 0.6) is 11.5 Å². The summed E-state index contributed by atoms with van der Waals surface area (Å²) in [5, 5.41) is 6.69. The quantitative estimate of drug-likeness (QED) is 0.250. The van der Waals surface area contributed by atoms with E-state index in [0.29, 0.717) is 45.5 Å². The molecule has 2 N–H and O–H groups in total. The molecule has 158 valence electrons. The summed E-state index contributed by atoms with van der Waals surface area (Å²) in [6, 6.07) is 14.1. The zero-order valence-corrected chi connectivity index (χ0v) is 19.4. The van der Waals surface area contributed by atoms with E-state index in [2.05, 4.69) is 29.7 Å². The van der Waals surface area contributed by atoms with Gasteiger partial charge in [0, 0.05) is 31.3 Å². The van der Waals surface area contributed by atoms with Crippen molar-refractivity contribution in [3.05, 3.63) is 53.6 Å². The highest BCUT2D eigenvalue weighted by Gasteiger charge is 2.11. The fourth-order valence-corrected chi connectivity index (χ4v) is 2.86. The molecule has 0 saturated carbocycles. The van der Waals surface area contributed by atoms with Crippen LogP contribution in [-0.2, 0) is 11.3 Å². The summed E-state index contributed by atoms with van der Waals surface area (Å²) in [5.41, 5.74) is 3.33. The van der Waals surface area contributed by atoms with Crippen molar-refractivity contribution < 1.29 is 14.2 Å². The van der Waals surface area contributed by atoms with Gasteiger partial charge >= 0.3 is 0 Å². The van der Waals surface area contributed by atoms with Crippen LogP contribution in [0.25, 0.3) is 0 Å². The number of rotatable bonds is 7. The van der Waals surface area contributed by atoms with Gasteiger partial charge in [0.05, 0.1) is 26.4 Å². The molecule has 2 aromatic carbocycles. The molecule has 0 unspecified atom stereocenters. The maximum atomic E-state index is 5.78. The number of guanidine groups is 1. The highest BCUT2D eigenvalue weighted by molar-refractivity contribution is 14.0. The molecule has 2 aromatic rings. The molecule has 0 aliphatic carbocycles. The van der Waals surface area contributed by atoms with Gasteiger partial charge in [-0.15, -0.1) is 24.0 Å². The van der Waals surface area contributed by atoms with Crippen LogP contribution in [0.2, 0.25) is 0 Å². The largest absolute Gasteiger partial charge is 0.490 e. The van der Waals surface area contributed by atoms with Crippen LogP contribution in [-0.4, -0.2) is 38.9 Å². The molecule has 0 saturated heterocycles. The Kier molecular flexibility index (Phi) is 10.1. The standard InChI is InChI=1S/C22H29N3O3.HI/c1-3-26-14-11-23-22(24-16-18-8-5-4-7-17(18)2)25-19-9-10-20-21(15-19)28-13-6-12-27-20;/h4-5,7-10,15H,3,6,11-14,16H2,1-2H3,(H2,23,24,25);1H. The number of fused-ring (bicyclic) bond motifs is 1. The summed E-state index contributed by atoms with van der Waals surface area (Å²) in [4.78, 5) is 4.75. The van der Waals surface area contributed by atoms with E-state index < -0.39 is 0 Å². The second-order valence-corrected chi connectivity index (χ2v) is 6.55. The Morgan fingerprint density at radius 1 is 1.10 bits per heavy atom. The second-order valence-electron chi connectivity index (χ2n) is 6.55. The molecule has 1 aliphatic rings. The van der Waals surface area contributed by atoms with E-state index >= 15 is 0 Å². The van der Waals surface area contributed by atoms with Crippen LogP contribution in [0.3, 0.4) is 0 Å². The molecule has 0 radical (unpaired) electrons. The van der Waals surface area contributed by atoms with Crippen molar-refractivity contribution in [3.63, 3.8) is 0 Å². The van der Waals surface area contributed by atoms with Gasteiger partial charge in [0.15, 0.2) is 17.5 Å². The van der Waals surface area contributed by atoms with E-state index in [1.807, 2.05) is 37.3 Å². The maximum absolute atomic E-state index is 5.78. The number of halogens is 1. The minimum absolute atomic E-state index is 0. The average Bonchev–Trinajstić information content (AvgIpc) is 2.95. The normalized spacial score (nSPS) is 13.2. The Bertz CT molecular complexity index is 799. The number of aryl methyl sites for hydroxylation is 1. The van der Waals surface area contributed by atoms with Crippen molar-refractivity contribution >= 4 is 35.6 Å². The monoisotopic (exact) mass is 511 g/mol. The SMILES string of the molecule is CCOCCNC(=NCc1ccccc1C)Nc1ccc2c(c1)OCCCO2.I. The Balaban J connectivity index is 0.00000300. The first kappa shape index (κ1) is 23.3. The van der Waals surface area contributed by atoms with Gasteiger partial charge in [-0.2, -0.15) is 0 Å². The number of aliphatic imine (C=N–C) groups is 1. The number of hydrogen-bond donors (Lipinski definition) is 2. The van der Waals surface area contributed by atoms with Crippen molar-refractivity contribution in [1.29, 1.82) is 0 Å². The molecule has 0 spiro atoms. The molecule has 1 aliphatic heterocycles. The van der Waals surface area contributed by atoms with Crippen LogP contribution in [0.1, 0.15) is 24.5 Å². The number of nitrogens with one attached hydrogen (secondary N) is 2. The van der Waals surface area contributed by atoms with Gasteiger partial charge in [-0.1, -0.05) is 24.3 Å². The Morgan fingerprint density at radius 3 is 2.69 bits per heavy atom. The smallest absolute Gasteiger partial charge is 0.196 e. The second kappa shape index (κ2) is 12.5. The third kappa shape index (κ3) is 7.40. The van der Waals surface area contributed by atoms with Crippen LogP contribution in [0.15, 0.2) is 47.5 Å². The highest BCUT2D eigenvalue weighted by Crippen LogP contribution is 2.32. The lowest BCUT2D eigenvalue weighted by Gasteiger charge is -2.15. The summed E-state index contributed by atoms with van der Waals surface area (Å²) in [7, 11) is 0. The summed E-state index contributed by atoms with van der Waals surface area (Å²) in [5.74, 6) is 2.25. The molecule has 6 nitrogen and oxygen atoms in total. The van der Waals surface area contributed by atoms with E-state index in [4.69, 9.17) is 19.2 Å². The summed E-state index contributed by atoms with van der Waals surface area (Å²) >= 11 is 0. The van der Waals surface area contributed by atoms with Crippen LogP contribution < -0.4 is 20.1 Å². The van der Waals surface area contributed by atoms with Crippen LogP contribution >= 0.6 is 24.0 Å². The van der Waals surface area contributed by atoms with Gasteiger partial charge in [-0.3, -0.25) is 0 Å². The lowest BCUT2D eigenvalue weighted by molar-refractivity contribution is 0.152. The molecule has 29 heavy (non-hydrogen) atoms. The Hall–Kier alpha value is -2.00. The van der Waals surface area contributed by atoms with E-state index in [1.54, 1.807) is 0 Å². The van der Waals surface area contributed by atoms with Crippen molar-refractivity contribution in [2.24, 2.45) is 4.99 Å². The fraction of sp³-hybridized carbons (Fsp3) is 0.409.